The van der Waals surface area contributed by atoms with Crippen molar-refractivity contribution in [2.45, 2.75) is 18.9 Å². The van der Waals surface area contributed by atoms with Crippen molar-refractivity contribution in [1.29, 1.82) is 5.26 Å². The van der Waals surface area contributed by atoms with Gasteiger partial charge in [0.05, 0.1) is 3.79 Å². The Morgan fingerprint density at radius 1 is 1.62 bits per heavy atom. The number of hydrogen-bond acceptors (Lipinski definition) is 3. The number of carbonyl (C=O) groups excluding carboxylic acids is 1. The van der Waals surface area contributed by atoms with Crippen LogP contribution >= 0.6 is 27.3 Å². The molecule has 2 rings (SSSR count). The summed E-state index contributed by atoms with van der Waals surface area (Å²) in [6.45, 7) is 0. The second-order valence-corrected chi connectivity index (χ2v) is 6.05. The normalized spacial score (nSPS) is 15.6. The first-order valence-corrected chi connectivity index (χ1v) is 6.48. The van der Waals surface area contributed by atoms with Gasteiger partial charge in [-0.15, -0.1) is 11.3 Å². The highest BCUT2D eigenvalue weighted by Crippen LogP contribution is 2.24. The van der Waals surface area contributed by atoms with Crippen LogP contribution in [-0.4, -0.2) is 11.9 Å². The highest BCUT2D eigenvalue weighted by Gasteiger charge is 2.24. The molecular formula is C11H9BrN2OS. The fourth-order valence-electron chi connectivity index (χ4n) is 1.19. The van der Waals surface area contributed by atoms with E-state index in [1.807, 2.05) is 18.2 Å². The topological polar surface area (TPSA) is 52.9 Å². The molecule has 82 valence electrons. The predicted molar refractivity (Wildman–Crippen MR) is 66.8 cm³/mol. The van der Waals surface area contributed by atoms with Gasteiger partial charge in [-0.3, -0.25) is 4.79 Å². The van der Waals surface area contributed by atoms with Crippen LogP contribution in [0.15, 0.2) is 21.5 Å². The van der Waals surface area contributed by atoms with E-state index in [9.17, 15) is 4.79 Å². The minimum atomic E-state index is -0.269. The Morgan fingerprint density at radius 2 is 2.38 bits per heavy atom. The molecule has 1 fully saturated rings. The van der Waals surface area contributed by atoms with Gasteiger partial charge in [-0.2, -0.15) is 5.26 Å². The maximum Gasteiger partial charge on any atom is 0.262 e. The molecule has 0 unspecified atom stereocenters. The van der Waals surface area contributed by atoms with Crippen molar-refractivity contribution in [1.82, 2.24) is 5.32 Å². The van der Waals surface area contributed by atoms with Gasteiger partial charge in [0.2, 0.25) is 0 Å². The fourth-order valence-corrected chi connectivity index (χ4v) is 2.55. The number of nitrogens with zero attached hydrogens (tertiary/aromatic N) is 1. The zero-order valence-corrected chi connectivity index (χ0v) is 10.8. The molecule has 0 bridgehead atoms. The van der Waals surface area contributed by atoms with Crippen LogP contribution in [0.2, 0.25) is 0 Å². The molecule has 1 aromatic heterocycles. The van der Waals surface area contributed by atoms with E-state index in [4.69, 9.17) is 5.26 Å². The maximum absolute atomic E-state index is 11.6. The summed E-state index contributed by atoms with van der Waals surface area (Å²) in [4.78, 5) is 12.5. The number of nitriles is 1. The minimum absolute atomic E-state index is 0.168. The Bertz CT molecular complexity index is 482. The van der Waals surface area contributed by atoms with Gasteiger partial charge in [-0.25, -0.2) is 0 Å². The molecule has 0 radical (unpaired) electrons. The molecule has 5 heteroatoms. The van der Waals surface area contributed by atoms with Gasteiger partial charge < -0.3 is 5.32 Å². The average molecular weight is 297 g/mol. The van der Waals surface area contributed by atoms with E-state index in [1.54, 1.807) is 6.08 Å². The van der Waals surface area contributed by atoms with E-state index in [2.05, 4.69) is 21.2 Å². The molecule has 0 saturated heterocycles. The number of nitrogens with one attached hydrogen (secondary N) is 1. The standard InChI is InChI=1S/C11H9BrN2OS/c12-10-4-3-9(16-10)5-7(6-13)11(15)14-8-1-2-8/h3-5,8H,1-2H2,(H,14,15)/b7-5+. The summed E-state index contributed by atoms with van der Waals surface area (Å²) in [5.41, 5.74) is 0.168. The van der Waals surface area contributed by atoms with E-state index in [-0.39, 0.29) is 17.5 Å². The van der Waals surface area contributed by atoms with E-state index < -0.39 is 0 Å². The maximum atomic E-state index is 11.6. The van der Waals surface area contributed by atoms with Crippen LogP contribution in [0.25, 0.3) is 6.08 Å². The summed E-state index contributed by atoms with van der Waals surface area (Å²) < 4.78 is 0.985. The first kappa shape index (κ1) is 11.4. The Hall–Kier alpha value is -1.12. The largest absolute Gasteiger partial charge is 0.349 e. The average Bonchev–Trinajstić information content (AvgIpc) is 2.97. The third-order valence-electron chi connectivity index (χ3n) is 2.16. The van der Waals surface area contributed by atoms with E-state index >= 15 is 0 Å². The molecule has 1 saturated carbocycles. The van der Waals surface area contributed by atoms with Crippen molar-refractivity contribution < 1.29 is 4.79 Å². The van der Waals surface area contributed by atoms with Gasteiger partial charge in [0.15, 0.2) is 0 Å². The van der Waals surface area contributed by atoms with Crippen molar-refractivity contribution >= 4 is 39.2 Å². The van der Waals surface area contributed by atoms with Gasteiger partial charge >= 0.3 is 0 Å². The highest BCUT2D eigenvalue weighted by atomic mass is 79.9. The predicted octanol–water partition coefficient (Wildman–Crippen LogP) is 2.70. The zero-order chi connectivity index (χ0) is 11.5. The summed E-state index contributed by atoms with van der Waals surface area (Å²) >= 11 is 4.83. The summed E-state index contributed by atoms with van der Waals surface area (Å²) in [6.07, 6.45) is 3.66. The number of thiophene rings is 1. The Morgan fingerprint density at radius 3 is 2.88 bits per heavy atom. The highest BCUT2D eigenvalue weighted by molar-refractivity contribution is 9.11. The molecule has 0 aliphatic heterocycles. The molecule has 1 aliphatic rings. The molecule has 0 atom stereocenters. The van der Waals surface area contributed by atoms with E-state index in [1.165, 1.54) is 11.3 Å². The van der Waals surface area contributed by atoms with Gasteiger partial charge in [0.1, 0.15) is 11.6 Å². The number of carbonyl (C=O) groups is 1. The second kappa shape index (κ2) is 4.81. The van der Waals surface area contributed by atoms with Crippen molar-refractivity contribution in [2.24, 2.45) is 0 Å². The van der Waals surface area contributed by atoms with Gasteiger partial charge in [0.25, 0.3) is 5.91 Å². The number of hydrogen-bond donors (Lipinski definition) is 1. The lowest BCUT2D eigenvalue weighted by Gasteiger charge is -1.99. The first-order chi connectivity index (χ1) is 7.69. The van der Waals surface area contributed by atoms with Crippen LogP contribution in [0, 0.1) is 11.3 Å². The Balaban J connectivity index is 2.11. The fraction of sp³-hybridized carbons (Fsp3) is 0.273. The SMILES string of the molecule is N#C/C(=C\c1ccc(Br)s1)C(=O)NC1CC1. The van der Waals surface area contributed by atoms with Crippen molar-refractivity contribution in [3.8, 4) is 6.07 Å². The molecule has 1 heterocycles. The molecule has 3 nitrogen and oxygen atoms in total. The van der Waals surface area contributed by atoms with Crippen LogP contribution in [0.3, 0.4) is 0 Å². The summed E-state index contributed by atoms with van der Waals surface area (Å²) in [7, 11) is 0. The van der Waals surface area contributed by atoms with Crippen molar-refractivity contribution in [2.75, 3.05) is 0 Å². The van der Waals surface area contributed by atoms with E-state index in [0.29, 0.717) is 0 Å². The molecular weight excluding hydrogens is 288 g/mol. The molecule has 1 N–H and O–H groups in total. The second-order valence-electron chi connectivity index (χ2n) is 3.56. The lowest BCUT2D eigenvalue weighted by molar-refractivity contribution is -0.117. The zero-order valence-electron chi connectivity index (χ0n) is 8.37. The summed E-state index contributed by atoms with van der Waals surface area (Å²) in [5.74, 6) is -0.269. The molecule has 16 heavy (non-hydrogen) atoms. The van der Waals surface area contributed by atoms with Crippen molar-refractivity contribution in [3.63, 3.8) is 0 Å². The number of halogens is 1. The monoisotopic (exact) mass is 296 g/mol. The van der Waals surface area contributed by atoms with Crippen LogP contribution in [0.1, 0.15) is 17.7 Å². The summed E-state index contributed by atoms with van der Waals surface area (Å²) in [5, 5.41) is 11.7. The number of amides is 1. The third-order valence-corrected chi connectivity index (χ3v) is 3.73. The van der Waals surface area contributed by atoms with Crippen LogP contribution < -0.4 is 5.32 Å². The quantitative estimate of drug-likeness (QED) is 0.689. The molecule has 0 aromatic carbocycles. The first-order valence-electron chi connectivity index (χ1n) is 4.87. The smallest absolute Gasteiger partial charge is 0.262 e. The van der Waals surface area contributed by atoms with Crippen LogP contribution in [-0.2, 0) is 4.79 Å². The minimum Gasteiger partial charge on any atom is -0.349 e. The lowest BCUT2D eigenvalue weighted by Crippen LogP contribution is -2.26. The molecule has 0 spiro atoms. The third kappa shape index (κ3) is 2.94. The Kier molecular flexibility index (Phi) is 3.42. The molecule has 1 aromatic rings. The Labute approximate surface area is 106 Å². The van der Waals surface area contributed by atoms with Gasteiger partial charge in [-0.1, -0.05) is 0 Å². The van der Waals surface area contributed by atoms with Gasteiger partial charge in [0, 0.05) is 10.9 Å². The number of rotatable bonds is 3. The van der Waals surface area contributed by atoms with Gasteiger partial charge in [-0.05, 0) is 47.0 Å². The van der Waals surface area contributed by atoms with Crippen molar-refractivity contribution in [3.05, 3.63) is 26.4 Å². The molecule has 1 amide bonds. The molecule has 1 aliphatic carbocycles. The van der Waals surface area contributed by atoms with Crippen LogP contribution in [0.5, 0.6) is 0 Å². The van der Waals surface area contributed by atoms with E-state index in [0.717, 1.165) is 21.5 Å². The van der Waals surface area contributed by atoms with Crippen LogP contribution in [0.4, 0.5) is 0 Å². The lowest BCUT2D eigenvalue weighted by atomic mass is 10.2. The summed E-state index contributed by atoms with van der Waals surface area (Å²) in [6, 6.07) is 5.97.